The lowest BCUT2D eigenvalue weighted by Crippen LogP contribution is -2.41. The second-order valence-electron chi connectivity index (χ2n) is 8.74. The maximum Gasteiger partial charge on any atom is 0.321 e. The van der Waals surface area contributed by atoms with Crippen molar-refractivity contribution in [2.24, 2.45) is 5.92 Å². The van der Waals surface area contributed by atoms with Crippen LogP contribution in [0, 0.1) is 17.2 Å². The third-order valence-electron chi connectivity index (χ3n) is 6.66. The molecular weight excluding hydrogens is 370 g/mol. The van der Waals surface area contributed by atoms with Crippen molar-refractivity contribution < 1.29 is 9.53 Å². The van der Waals surface area contributed by atoms with Gasteiger partial charge in [0.15, 0.2) is 0 Å². The van der Waals surface area contributed by atoms with E-state index in [9.17, 15) is 10.1 Å². The summed E-state index contributed by atoms with van der Waals surface area (Å²) < 4.78 is 5.92. The summed E-state index contributed by atoms with van der Waals surface area (Å²) in [5, 5.41) is 9.66. The van der Waals surface area contributed by atoms with Crippen LogP contribution in [0.1, 0.15) is 81.5 Å². The highest BCUT2D eigenvalue weighted by Crippen LogP contribution is 2.41. The second-order valence-corrected chi connectivity index (χ2v) is 8.74. The molecule has 30 heavy (non-hydrogen) atoms. The molecule has 2 aromatic carbocycles. The zero-order chi connectivity index (χ0) is 21.6. The molecule has 1 fully saturated rings. The van der Waals surface area contributed by atoms with Crippen LogP contribution in [0.25, 0.3) is 0 Å². The van der Waals surface area contributed by atoms with E-state index in [0.29, 0.717) is 17.2 Å². The molecule has 0 heterocycles. The highest BCUT2D eigenvalue weighted by Gasteiger charge is 2.43. The molecule has 0 N–H and O–H groups in total. The van der Waals surface area contributed by atoms with Crippen LogP contribution in [0.15, 0.2) is 42.5 Å². The first-order valence-corrected chi connectivity index (χ1v) is 11.4. The molecule has 1 aliphatic carbocycles. The van der Waals surface area contributed by atoms with Crippen molar-refractivity contribution in [1.82, 2.24) is 0 Å². The van der Waals surface area contributed by atoms with Crippen molar-refractivity contribution in [2.45, 2.75) is 77.6 Å². The van der Waals surface area contributed by atoms with Gasteiger partial charge in [0.05, 0.1) is 11.0 Å². The molecule has 1 atom stereocenters. The van der Waals surface area contributed by atoms with Crippen molar-refractivity contribution in [3.05, 3.63) is 64.7 Å². The number of nitrogens with zero attached hydrogens (tertiary/aromatic N) is 1. The number of ether oxygens (including phenoxy) is 1. The minimum Gasteiger partial charge on any atom is -0.424 e. The monoisotopic (exact) mass is 403 g/mol. The summed E-state index contributed by atoms with van der Waals surface area (Å²) >= 11 is 0. The Labute approximate surface area is 181 Å². The van der Waals surface area contributed by atoms with Gasteiger partial charge < -0.3 is 4.74 Å². The topological polar surface area (TPSA) is 50.1 Å². The normalized spacial score (nSPS) is 16.5. The zero-order valence-corrected chi connectivity index (χ0v) is 18.5. The van der Waals surface area contributed by atoms with Crippen LogP contribution in [0.5, 0.6) is 5.75 Å². The average Bonchev–Trinajstić information content (AvgIpc) is 2.80. The van der Waals surface area contributed by atoms with Crippen LogP contribution >= 0.6 is 0 Å². The van der Waals surface area contributed by atoms with Crippen molar-refractivity contribution in [3.8, 4) is 11.8 Å². The number of hydrogen-bond donors (Lipinski definition) is 0. The molecule has 0 saturated heterocycles. The van der Waals surface area contributed by atoms with Gasteiger partial charge in [-0.15, -0.1) is 0 Å². The first-order chi connectivity index (χ1) is 14.5. The number of rotatable bonds is 7. The molecule has 2 aromatic rings. The molecule has 0 bridgehead atoms. The molecule has 158 valence electrons. The van der Waals surface area contributed by atoms with E-state index in [1.165, 1.54) is 5.56 Å². The molecule has 0 amide bonds. The van der Waals surface area contributed by atoms with Gasteiger partial charge in [-0.25, -0.2) is 0 Å². The molecule has 3 heteroatoms. The van der Waals surface area contributed by atoms with E-state index in [2.05, 4.69) is 51.1 Å². The van der Waals surface area contributed by atoms with Crippen LogP contribution in [-0.2, 0) is 23.1 Å². The van der Waals surface area contributed by atoms with Crippen LogP contribution in [0.2, 0.25) is 0 Å². The third-order valence-corrected chi connectivity index (χ3v) is 6.66. The van der Waals surface area contributed by atoms with Gasteiger partial charge in [-0.1, -0.05) is 76.8 Å². The highest BCUT2D eigenvalue weighted by atomic mass is 16.5. The van der Waals surface area contributed by atoms with Crippen LogP contribution < -0.4 is 4.74 Å². The Morgan fingerprint density at radius 3 is 2.33 bits per heavy atom. The van der Waals surface area contributed by atoms with Crippen molar-refractivity contribution in [1.29, 1.82) is 5.26 Å². The van der Waals surface area contributed by atoms with Gasteiger partial charge in [0.2, 0.25) is 0 Å². The Morgan fingerprint density at radius 2 is 1.73 bits per heavy atom. The van der Waals surface area contributed by atoms with Gasteiger partial charge in [-0.3, -0.25) is 4.79 Å². The molecule has 1 saturated carbocycles. The summed E-state index contributed by atoms with van der Waals surface area (Å²) in [4.78, 5) is 13.5. The number of carbonyl (C=O) groups is 1. The standard InChI is InChI=1S/C27H33NO2/c1-4-20(3)17-22-11-14-25(23(18-22)19-28)30-26(29)27(15-7-6-8-16-27)24-12-9-21(5-2)10-13-24/h9-14,18,20H,4-8,15-17H2,1-3H3. The number of benzene rings is 2. The quantitative estimate of drug-likeness (QED) is 0.391. The molecular formula is C27H33NO2. The highest BCUT2D eigenvalue weighted by molar-refractivity contribution is 5.85. The van der Waals surface area contributed by atoms with E-state index in [1.54, 1.807) is 6.07 Å². The minimum atomic E-state index is -0.618. The summed E-state index contributed by atoms with van der Waals surface area (Å²) in [6, 6.07) is 16.3. The van der Waals surface area contributed by atoms with Gasteiger partial charge in [0.1, 0.15) is 11.8 Å². The van der Waals surface area contributed by atoms with Crippen LogP contribution in [0.4, 0.5) is 0 Å². The number of hydrogen-bond acceptors (Lipinski definition) is 3. The second kappa shape index (κ2) is 9.94. The molecule has 1 unspecified atom stereocenters. The van der Waals surface area contributed by atoms with Gasteiger partial charge in [0, 0.05) is 0 Å². The van der Waals surface area contributed by atoms with E-state index in [0.717, 1.165) is 62.5 Å². The van der Waals surface area contributed by atoms with Crippen LogP contribution in [-0.4, -0.2) is 5.97 Å². The van der Waals surface area contributed by atoms with Crippen molar-refractivity contribution >= 4 is 5.97 Å². The summed E-state index contributed by atoms with van der Waals surface area (Å²) in [5.41, 5.74) is 3.24. The van der Waals surface area contributed by atoms with Crippen molar-refractivity contribution in [2.75, 3.05) is 0 Å². The molecule has 0 aliphatic heterocycles. The predicted molar refractivity (Wildman–Crippen MR) is 121 cm³/mol. The maximum absolute atomic E-state index is 13.5. The SMILES string of the molecule is CCc1ccc(C2(C(=O)Oc3ccc(CC(C)CC)cc3C#N)CCCCC2)cc1. The number of nitriles is 1. The lowest BCUT2D eigenvalue weighted by Gasteiger charge is -2.35. The molecule has 0 spiro atoms. The van der Waals surface area contributed by atoms with Gasteiger partial charge in [0.25, 0.3) is 0 Å². The Kier molecular flexibility index (Phi) is 7.32. The molecule has 1 aliphatic rings. The zero-order valence-electron chi connectivity index (χ0n) is 18.5. The average molecular weight is 404 g/mol. The van der Waals surface area contributed by atoms with Gasteiger partial charge >= 0.3 is 5.97 Å². The minimum absolute atomic E-state index is 0.224. The first-order valence-electron chi connectivity index (χ1n) is 11.4. The molecule has 0 aromatic heterocycles. The molecule has 0 radical (unpaired) electrons. The largest absolute Gasteiger partial charge is 0.424 e. The Morgan fingerprint density at radius 1 is 1.07 bits per heavy atom. The third kappa shape index (κ3) is 4.75. The molecule has 3 nitrogen and oxygen atoms in total. The fraction of sp³-hybridized carbons (Fsp3) is 0.481. The van der Waals surface area contributed by atoms with E-state index in [-0.39, 0.29) is 5.97 Å². The maximum atomic E-state index is 13.5. The summed E-state index contributed by atoms with van der Waals surface area (Å²) in [6.07, 6.45) is 7.77. The Balaban J connectivity index is 1.88. The number of aryl methyl sites for hydroxylation is 1. The summed E-state index contributed by atoms with van der Waals surface area (Å²) in [5.74, 6) is 0.713. The van der Waals surface area contributed by atoms with E-state index >= 15 is 0 Å². The lowest BCUT2D eigenvalue weighted by atomic mass is 9.69. The number of esters is 1. The fourth-order valence-electron chi connectivity index (χ4n) is 4.45. The number of carbonyl (C=O) groups excluding carboxylic acids is 1. The fourth-order valence-corrected chi connectivity index (χ4v) is 4.45. The summed E-state index contributed by atoms with van der Waals surface area (Å²) in [7, 11) is 0. The van der Waals surface area contributed by atoms with E-state index in [1.807, 2.05) is 12.1 Å². The predicted octanol–water partition coefficient (Wildman–Crippen LogP) is 6.52. The first kappa shape index (κ1) is 22.1. The van der Waals surface area contributed by atoms with Gasteiger partial charge in [-0.2, -0.15) is 5.26 Å². The Hall–Kier alpha value is -2.60. The van der Waals surface area contributed by atoms with Gasteiger partial charge in [-0.05, 0) is 60.4 Å². The van der Waals surface area contributed by atoms with E-state index in [4.69, 9.17) is 4.74 Å². The smallest absolute Gasteiger partial charge is 0.321 e. The lowest BCUT2D eigenvalue weighted by molar-refractivity contribution is -0.142. The Bertz CT molecular complexity index is 901. The van der Waals surface area contributed by atoms with Crippen LogP contribution in [0.3, 0.4) is 0 Å². The van der Waals surface area contributed by atoms with Crippen molar-refractivity contribution in [3.63, 3.8) is 0 Å². The molecule has 3 rings (SSSR count). The summed E-state index contributed by atoms with van der Waals surface area (Å²) in [6.45, 7) is 6.51. The van der Waals surface area contributed by atoms with E-state index < -0.39 is 5.41 Å².